The molecule has 0 radical (unpaired) electrons. The molecular formula is C14H17N3O. The third-order valence-electron chi connectivity index (χ3n) is 3.24. The molecule has 0 atom stereocenters. The predicted octanol–water partition coefficient (Wildman–Crippen LogP) is 2.11. The van der Waals surface area contributed by atoms with Gasteiger partial charge in [-0.1, -0.05) is 0 Å². The largest absolute Gasteiger partial charge is 0.373 e. The number of aryl methyl sites for hydroxylation is 1. The first kappa shape index (κ1) is 12.4. The number of nitrogens with zero attached hydrogens (tertiary/aromatic N) is 2. The van der Waals surface area contributed by atoms with E-state index in [9.17, 15) is 4.79 Å². The van der Waals surface area contributed by atoms with Crippen molar-refractivity contribution in [1.29, 1.82) is 0 Å². The van der Waals surface area contributed by atoms with Gasteiger partial charge in [-0.05, 0) is 31.5 Å². The van der Waals surface area contributed by atoms with E-state index in [4.69, 9.17) is 0 Å². The first-order chi connectivity index (χ1) is 8.54. The molecule has 0 saturated heterocycles. The fourth-order valence-electron chi connectivity index (χ4n) is 2.10. The van der Waals surface area contributed by atoms with Gasteiger partial charge in [0.1, 0.15) is 5.82 Å². The molecule has 1 N–H and O–H groups in total. The molecule has 94 valence electrons. The molecule has 18 heavy (non-hydrogen) atoms. The Kier molecular flexibility index (Phi) is 3.19. The van der Waals surface area contributed by atoms with E-state index in [0.717, 1.165) is 28.2 Å². The summed E-state index contributed by atoms with van der Waals surface area (Å²) in [6.45, 7) is 3.91. The lowest BCUT2D eigenvalue weighted by molar-refractivity contribution is 0.817. The molecule has 0 unspecified atom stereocenters. The summed E-state index contributed by atoms with van der Waals surface area (Å²) in [7, 11) is 3.63. The van der Waals surface area contributed by atoms with Crippen LogP contribution in [-0.2, 0) is 7.05 Å². The van der Waals surface area contributed by atoms with Crippen LogP contribution in [0.4, 0.5) is 5.82 Å². The molecule has 4 heteroatoms. The van der Waals surface area contributed by atoms with E-state index in [-0.39, 0.29) is 5.56 Å². The van der Waals surface area contributed by atoms with Gasteiger partial charge in [0, 0.05) is 43.2 Å². The number of pyridine rings is 2. The fraction of sp³-hybridized carbons (Fsp3) is 0.286. The van der Waals surface area contributed by atoms with Crippen LogP contribution in [-0.4, -0.2) is 16.6 Å². The fourth-order valence-corrected chi connectivity index (χ4v) is 2.10. The average molecular weight is 243 g/mol. The third kappa shape index (κ3) is 2.01. The number of hydrogen-bond acceptors (Lipinski definition) is 3. The third-order valence-corrected chi connectivity index (χ3v) is 3.24. The van der Waals surface area contributed by atoms with Gasteiger partial charge in [-0.15, -0.1) is 0 Å². The summed E-state index contributed by atoms with van der Waals surface area (Å²) in [6, 6.07) is 5.60. The minimum absolute atomic E-state index is 0.0218. The van der Waals surface area contributed by atoms with Crippen LogP contribution in [0, 0.1) is 13.8 Å². The minimum atomic E-state index is 0.0218. The van der Waals surface area contributed by atoms with E-state index in [1.807, 2.05) is 39.2 Å². The van der Waals surface area contributed by atoms with Crippen LogP contribution in [0.25, 0.3) is 11.1 Å². The molecule has 2 rings (SSSR count). The maximum atomic E-state index is 11.7. The molecule has 0 aliphatic rings. The highest BCUT2D eigenvalue weighted by atomic mass is 16.1. The maximum absolute atomic E-state index is 11.7. The molecule has 0 bridgehead atoms. The first-order valence-corrected chi connectivity index (χ1v) is 5.86. The summed E-state index contributed by atoms with van der Waals surface area (Å²) in [5.74, 6) is 0.832. The normalized spacial score (nSPS) is 10.4. The van der Waals surface area contributed by atoms with Crippen molar-refractivity contribution < 1.29 is 0 Å². The summed E-state index contributed by atoms with van der Waals surface area (Å²) in [5, 5.41) is 2.99. The second kappa shape index (κ2) is 4.64. The molecule has 2 aromatic heterocycles. The van der Waals surface area contributed by atoms with Gasteiger partial charge in [0.05, 0.1) is 0 Å². The summed E-state index contributed by atoms with van der Waals surface area (Å²) in [6.07, 6.45) is 1.83. The van der Waals surface area contributed by atoms with E-state index >= 15 is 0 Å². The van der Waals surface area contributed by atoms with Gasteiger partial charge >= 0.3 is 0 Å². The first-order valence-electron chi connectivity index (χ1n) is 5.86. The van der Waals surface area contributed by atoms with Gasteiger partial charge in [0.15, 0.2) is 0 Å². The van der Waals surface area contributed by atoms with Crippen LogP contribution < -0.4 is 10.9 Å². The van der Waals surface area contributed by atoms with Crippen LogP contribution >= 0.6 is 0 Å². The van der Waals surface area contributed by atoms with E-state index < -0.39 is 0 Å². The lowest BCUT2D eigenvalue weighted by Gasteiger charge is -2.13. The number of aromatic nitrogens is 2. The highest BCUT2D eigenvalue weighted by molar-refractivity contribution is 5.69. The Morgan fingerprint density at radius 3 is 2.56 bits per heavy atom. The van der Waals surface area contributed by atoms with Crippen molar-refractivity contribution in [3.05, 3.63) is 46.0 Å². The molecule has 2 aromatic rings. The molecular weight excluding hydrogens is 226 g/mol. The number of nitrogens with one attached hydrogen (secondary N) is 1. The van der Waals surface area contributed by atoms with Crippen molar-refractivity contribution in [2.24, 2.45) is 7.05 Å². The number of rotatable bonds is 2. The van der Waals surface area contributed by atoms with Gasteiger partial charge in [0.25, 0.3) is 5.56 Å². The van der Waals surface area contributed by atoms with Crippen molar-refractivity contribution in [2.75, 3.05) is 12.4 Å². The Bertz CT molecular complexity index is 627. The Labute approximate surface area is 106 Å². The van der Waals surface area contributed by atoms with Crippen molar-refractivity contribution >= 4 is 5.82 Å². The Hall–Kier alpha value is -2.10. The van der Waals surface area contributed by atoms with Crippen LogP contribution in [0.1, 0.15) is 11.3 Å². The van der Waals surface area contributed by atoms with Crippen molar-refractivity contribution in [1.82, 2.24) is 9.55 Å². The van der Waals surface area contributed by atoms with Crippen molar-refractivity contribution in [3.63, 3.8) is 0 Å². The predicted molar refractivity (Wildman–Crippen MR) is 73.9 cm³/mol. The Morgan fingerprint density at radius 1 is 1.28 bits per heavy atom. The average Bonchev–Trinajstić information content (AvgIpc) is 2.37. The summed E-state index contributed by atoms with van der Waals surface area (Å²) in [5.41, 5.74) is 4.06. The molecule has 4 nitrogen and oxygen atoms in total. The molecule has 0 fully saturated rings. The SMILES string of the molecule is CNc1ccc(-c2c(C)cc(=O)n(C)c2C)cn1. The Morgan fingerprint density at radius 2 is 2.00 bits per heavy atom. The zero-order chi connectivity index (χ0) is 13.3. The number of anilines is 1. The van der Waals surface area contributed by atoms with Gasteiger partial charge in [0.2, 0.25) is 0 Å². The number of hydrogen-bond donors (Lipinski definition) is 1. The highest BCUT2D eigenvalue weighted by Crippen LogP contribution is 2.25. The van der Waals surface area contributed by atoms with Gasteiger partial charge in [-0.25, -0.2) is 4.98 Å². The second-order valence-corrected chi connectivity index (χ2v) is 4.37. The van der Waals surface area contributed by atoms with E-state index in [2.05, 4.69) is 10.3 Å². The van der Waals surface area contributed by atoms with E-state index in [0.29, 0.717) is 0 Å². The molecule has 0 aromatic carbocycles. The maximum Gasteiger partial charge on any atom is 0.250 e. The van der Waals surface area contributed by atoms with Gasteiger partial charge in [-0.3, -0.25) is 4.79 Å². The lowest BCUT2D eigenvalue weighted by Crippen LogP contribution is -2.19. The van der Waals surface area contributed by atoms with Crippen molar-refractivity contribution in [2.45, 2.75) is 13.8 Å². The molecule has 0 saturated carbocycles. The molecule has 0 spiro atoms. The van der Waals surface area contributed by atoms with Crippen molar-refractivity contribution in [3.8, 4) is 11.1 Å². The highest BCUT2D eigenvalue weighted by Gasteiger charge is 2.10. The quantitative estimate of drug-likeness (QED) is 0.878. The van der Waals surface area contributed by atoms with Gasteiger partial charge < -0.3 is 9.88 Å². The zero-order valence-corrected chi connectivity index (χ0v) is 11.1. The smallest absolute Gasteiger partial charge is 0.250 e. The topological polar surface area (TPSA) is 46.9 Å². The monoisotopic (exact) mass is 243 g/mol. The van der Waals surface area contributed by atoms with Crippen LogP contribution in [0.2, 0.25) is 0 Å². The summed E-state index contributed by atoms with van der Waals surface area (Å²) in [4.78, 5) is 16.0. The lowest BCUT2D eigenvalue weighted by atomic mass is 10.0. The Balaban J connectivity index is 2.63. The van der Waals surface area contributed by atoms with Crippen LogP contribution in [0.3, 0.4) is 0 Å². The second-order valence-electron chi connectivity index (χ2n) is 4.37. The van der Waals surface area contributed by atoms with Crippen LogP contribution in [0.15, 0.2) is 29.2 Å². The summed E-state index contributed by atoms with van der Waals surface area (Å²) >= 11 is 0. The summed E-state index contributed by atoms with van der Waals surface area (Å²) < 4.78 is 1.66. The van der Waals surface area contributed by atoms with E-state index in [1.165, 1.54) is 0 Å². The minimum Gasteiger partial charge on any atom is -0.373 e. The van der Waals surface area contributed by atoms with Crippen LogP contribution in [0.5, 0.6) is 0 Å². The van der Waals surface area contributed by atoms with Gasteiger partial charge in [-0.2, -0.15) is 0 Å². The molecule has 0 aliphatic carbocycles. The van der Waals surface area contributed by atoms with E-state index in [1.54, 1.807) is 17.7 Å². The molecule has 2 heterocycles. The molecule has 0 amide bonds. The molecule has 0 aliphatic heterocycles. The standard InChI is InChI=1S/C14H17N3O/c1-9-7-13(18)17(4)10(2)14(9)11-5-6-12(15-3)16-8-11/h5-8H,1-4H3,(H,15,16). The zero-order valence-electron chi connectivity index (χ0n) is 11.1.